The standard InChI is InChI=1S/C22H35BrN4O3SSi/c1-22(2,3)30-21(29)27-9-7-15(20-16(8-10-28)12-19(23)31-20)11-18(27)17-13-26(25-24-17)14-32(4,5)6/h12-13,15,18,28H,7-11,14H2,1-6H3/t15?,18-/m0/s1. The number of halogens is 1. The van der Waals surface area contributed by atoms with E-state index in [-0.39, 0.29) is 18.7 Å². The average Bonchev–Trinajstić information content (AvgIpc) is 3.25. The van der Waals surface area contributed by atoms with Crippen LogP contribution in [-0.2, 0) is 17.3 Å². The Balaban J connectivity index is 1.90. The van der Waals surface area contributed by atoms with Crippen molar-refractivity contribution in [1.29, 1.82) is 0 Å². The molecule has 0 aromatic carbocycles. The zero-order chi connectivity index (χ0) is 23.7. The van der Waals surface area contributed by atoms with Crippen LogP contribution in [0.5, 0.6) is 0 Å². The third-order valence-electron chi connectivity index (χ3n) is 5.33. The van der Waals surface area contributed by atoms with Crippen LogP contribution >= 0.6 is 27.3 Å². The first kappa shape index (κ1) is 25.4. The molecule has 2 aromatic heterocycles. The molecule has 178 valence electrons. The van der Waals surface area contributed by atoms with Crippen molar-refractivity contribution in [1.82, 2.24) is 19.9 Å². The van der Waals surface area contributed by atoms with E-state index >= 15 is 0 Å². The van der Waals surface area contributed by atoms with Gasteiger partial charge in [-0.25, -0.2) is 4.79 Å². The number of amides is 1. The fraction of sp³-hybridized carbons (Fsp3) is 0.682. The van der Waals surface area contributed by atoms with Crippen LogP contribution in [0.15, 0.2) is 16.0 Å². The molecule has 1 aliphatic heterocycles. The lowest BCUT2D eigenvalue weighted by Crippen LogP contribution is -2.43. The van der Waals surface area contributed by atoms with E-state index in [4.69, 9.17) is 4.74 Å². The van der Waals surface area contributed by atoms with Crippen molar-refractivity contribution in [2.75, 3.05) is 13.2 Å². The summed E-state index contributed by atoms with van der Waals surface area (Å²) in [4.78, 5) is 16.2. The van der Waals surface area contributed by atoms with Gasteiger partial charge in [0.1, 0.15) is 11.3 Å². The first-order valence-corrected chi connectivity index (χ1v) is 16.5. The van der Waals surface area contributed by atoms with Gasteiger partial charge in [-0.05, 0) is 73.5 Å². The fourth-order valence-electron chi connectivity index (χ4n) is 4.12. The zero-order valence-electron chi connectivity index (χ0n) is 19.9. The lowest BCUT2D eigenvalue weighted by Gasteiger charge is -2.39. The van der Waals surface area contributed by atoms with Crippen molar-refractivity contribution in [3.63, 3.8) is 0 Å². The van der Waals surface area contributed by atoms with E-state index < -0.39 is 13.7 Å². The molecule has 32 heavy (non-hydrogen) atoms. The summed E-state index contributed by atoms with van der Waals surface area (Å²) in [6, 6.07) is 1.91. The number of nitrogens with zero attached hydrogens (tertiary/aromatic N) is 4. The van der Waals surface area contributed by atoms with Crippen molar-refractivity contribution in [2.24, 2.45) is 0 Å². The van der Waals surface area contributed by atoms with E-state index in [2.05, 4.69) is 51.9 Å². The van der Waals surface area contributed by atoms with E-state index in [9.17, 15) is 9.90 Å². The molecule has 0 bridgehead atoms. The fourth-order valence-corrected chi connectivity index (χ4v) is 7.13. The lowest BCUT2D eigenvalue weighted by atomic mass is 9.86. The molecule has 2 aromatic rings. The monoisotopic (exact) mass is 542 g/mol. The largest absolute Gasteiger partial charge is 0.444 e. The summed E-state index contributed by atoms with van der Waals surface area (Å²) in [7, 11) is -1.36. The molecule has 10 heteroatoms. The van der Waals surface area contributed by atoms with Gasteiger partial charge in [0.2, 0.25) is 0 Å². The van der Waals surface area contributed by atoms with Crippen LogP contribution in [0.25, 0.3) is 0 Å². The number of likely N-dealkylation sites (tertiary alicyclic amines) is 1. The maximum Gasteiger partial charge on any atom is 0.410 e. The van der Waals surface area contributed by atoms with Gasteiger partial charge in [0.15, 0.2) is 0 Å². The summed E-state index contributed by atoms with van der Waals surface area (Å²) in [5.41, 5.74) is 1.44. The number of hydrogen-bond acceptors (Lipinski definition) is 6. The highest BCUT2D eigenvalue weighted by Crippen LogP contribution is 2.44. The maximum atomic E-state index is 13.1. The van der Waals surface area contributed by atoms with Crippen LogP contribution in [0.1, 0.15) is 61.7 Å². The van der Waals surface area contributed by atoms with Crippen LogP contribution in [-0.4, -0.2) is 57.9 Å². The van der Waals surface area contributed by atoms with Crippen LogP contribution in [0.2, 0.25) is 19.6 Å². The molecule has 0 saturated carbocycles. The molecule has 1 N–H and O–H groups in total. The number of rotatable bonds is 6. The van der Waals surface area contributed by atoms with E-state index in [1.165, 1.54) is 10.4 Å². The van der Waals surface area contributed by atoms with Gasteiger partial charge < -0.3 is 9.84 Å². The normalized spacial score (nSPS) is 19.9. The number of carbonyl (C=O) groups excluding carboxylic acids is 1. The summed E-state index contributed by atoms with van der Waals surface area (Å²) < 4.78 is 8.72. The topological polar surface area (TPSA) is 80.5 Å². The first-order chi connectivity index (χ1) is 14.9. The Morgan fingerprint density at radius 3 is 2.72 bits per heavy atom. The average molecular weight is 544 g/mol. The molecule has 7 nitrogen and oxygen atoms in total. The molecule has 1 aliphatic rings. The van der Waals surface area contributed by atoms with E-state index in [1.54, 1.807) is 11.3 Å². The molecule has 0 aliphatic carbocycles. The number of piperidine rings is 1. The number of ether oxygens (including phenoxy) is 1. The van der Waals surface area contributed by atoms with Gasteiger partial charge in [-0.3, -0.25) is 9.58 Å². The Hall–Kier alpha value is -1.23. The third kappa shape index (κ3) is 6.65. The maximum absolute atomic E-state index is 13.1. The Morgan fingerprint density at radius 2 is 2.09 bits per heavy atom. The Bertz CT molecular complexity index is 934. The number of hydrogen-bond donors (Lipinski definition) is 1. The zero-order valence-corrected chi connectivity index (χ0v) is 23.3. The molecule has 0 spiro atoms. The molecule has 2 atom stereocenters. The van der Waals surface area contributed by atoms with Crippen molar-refractivity contribution in [2.45, 2.75) is 83.4 Å². The Morgan fingerprint density at radius 1 is 1.38 bits per heavy atom. The first-order valence-electron chi connectivity index (χ1n) is 11.1. The summed E-state index contributed by atoms with van der Waals surface area (Å²) in [6.45, 7) is 13.3. The van der Waals surface area contributed by atoms with Crippen LogP contribution < -0.4 is 0 Å². The molecule has 1 fully saturated rings. The Kier molecular flexibility index (Phi) is 7.89. The van der Waals surface area contributed by atoms with Gasteiger partial charge in [0, 0.05) is 24.2 Å². The van der Waals surface area contributed by atoms with Crippen molar-refractivity contribution >= 4 is 41.4 Å². The highest BCUT2D eigenvalue weighted by atomic mass is 79.9. The summed E-state index contributed by atoms with van der Waals surface area (Å²) in [6.07, 6.45) is 4.84. The molecular formula is C22H35BrN4O3SSi. The van der Waals surface area contributed by atoms with Crippen molar-refractivity contribution in [3.8, 4) is 0 Å². The second kappa shape index (κ2) is 9.95. The van der Waals surface area contributed by atoms with Gasteiger partial charge >= 0.3 is 6.09 Å². The highest BCUT2D eigenvalue weighted by molar-refractivity contribution is 9.11. The summed E-state index contributed by atoms with van der Waals surface area (Å²) >= 11 is 5.34. The van der Waals surface area contributed by atoms with Crippen molar-refractivity contribution in [3.05, 3.63) is 32.2 Å². The quantitative estimate of drug-likeness (QED) is 0.496. The Labute approximate surface area is 204 Å². The molecule has 1 amide bonds. The van der Waals surface area contributed by atoms with Crippen LogP contribution in [0.3, 0.4) is 0 Å². The second-order valence-electron chi connectivity index (χ2n) is 10.7. The summed E-state index contributed by atoms with van der Waals surface area (Å²) in [5, 5.41) is 18.4. The number of thiophene rings is 1. The number of aliphatic hydroxyl groups excluding tert-OH is 1. The molecule has 3 heterocycles. The van der Waals surface area contributed by atoms with Gasteiger partial charge in [0.05, 0.1) is 24.1 Å². The van der Waals surface area contributed by atoms with E-state index in [0.717, 1.165) is 28.5 Å². The SMILES string of the molecule is CC(C)(C)OC(=O)N1CCC(c2sc(Br)cc2CCO)C[C@H]1c1cn(C[Si](C)(C)C)nn1. The molecule has 1 saturated heterocycles. The molecular weight excluding hydrogens is 508 g/mol. The lowest BCUT2D eigenvalue weighted by molar-refractivity contribution is 0.00718. The summed E-state index contributed by atoms with van der Waals surface area (Å²) in [5.74, 6) is 0.290. The second-order valence-corrected chi connectivity index (χ2v) is 18.6. The minimum absolute atomic E-state index is 0.126. The van der Waals surface area contributed by atoms with Gasteiger partial charge in [-0.2, -0.15) is 0 Å². The highest BCUT2D eigenvalue weighted by Gasteiger charge is 2.38. The van der Waals surface area contributed by atoms with Gasteiger partial charge in [-0.1, -0.05) is 24.9 Å². The molecule has 0 radical (unpaired) electrons. The smallest absolute Gasteiger partial charge is 0.410 e. The molecule has 1 unspecified atom stereocenters. The van der Waals surface area contributed by atoms with Gasteiger partial charge in [-0.15, -0.1) is 16.4 Å². The van der Waals surface area contributed by atoms with Crippen LogP contribution in [0.4, 0.5) is 4.79 Å². The minimum Gasteiger partial charge on any atom is -0.444 e. The number of carbonyl (C=O) groups is 1. The minimum atomic E-state index is -1.36. The van der Waals surface area contributed by atoms with Crippen molar-refractivity contribution < 1.29 is 14.6 Å². The molecule has 3 rings (SSSR count). The predicted octanol–water partition coefficient (Wildman–Crippen LogP) is 5.37. The van der Waals surface area contributed by atoms with Crippen LogP contribution in [0, 0.1) is 0 Å². The van der Waals surface area contributed by atoms with Gasteiger partial charge in [0.25, 0.3) is 0 Å². The third-order valence-corrected chi connectivity index (χ3v) is 8.44. The number of aliphatic hydroxyl groups is 1. The number of aromatic nitrogens is 3. The van der Waals surface area contributed by atoms with E-state index in [1.807, 2.05) is 36.5 Å². The predicted molar refractivity (Wildman–Crippen MR) is 134 cm³/mol. The van der Waals surface area contributed by atoms with E-state index in [0.29, 0.717) is 18.9 Å².